The average Bonchev–Trinajstić information content (AvgIpc) is 2.65. The number of aromatic nitrogens is 3. The summed E-state index contributed by atoms with van der Waals surface area (Å²) >= 11 is 0. The van der Waals surface area contributed by atoms with Crippen molar-refractivity contribution in [3.8, 4) is 5.69 Å². The van der Waals surface area contributed by atoms with Crippen molar-refractivity contribution in [1.82, 2.24) is 15.0 Å². The zero-order valence-corrected chi connectivity index (χ0v) is 9.31. The smallest absolute Gasteiger partial charge is 0.0726 e. The first-order valence-corrected chi connectivity index (χ1v) is 5.16. The predicted octanol–water partition coefficient (Wildman–Crippen LogP) is 2.70. The lowest BCUT2D eigenvalue weighted by atomic mass is 10.0. The zero-order valence-electron chi connectivity index (χ0n) is 9.31. The Morgan fingerprint density at radius 3 is 2.27 bits per heavy atom. The maximum absolute atomic E-state index is 4.03. The molecule has 3 nitrogen and oxygen atoms in total. The molecule has 1 aromatic carbocycles. The van der Waals surface area contributed by atoms with Gasteiger partial charge in [0.25, 0.3) is 0 Å². The number of aryl methyl sites for hydroxylation is 1. The van der Waals surface area contributed by atoms with Gasteiger partial charge in [-0.2, -0.15) is 0 Å². The zero-order chi connectivity index (χ0) is 10.8. The highest BCUT2D eigenvalue weighted by Crippen LogP contribution is 2.16. The molecule has 2 rings (SSSR count). The SMILES string of the molecule is Cc1cnnn1-c1ccc(C(C)C)cc1. The Balaban J connectivity index is 2.36. The second kappa shape index (κ2) is 3.85. The van der Waals surface area contributed by atoms with E-state index in [0.717, 1.165) is 11.4 Å². The van der Waals surface area contributed by atoms with Crippen molar-refractivity contribution in [2.75, 3.05) is 0 Å². The minimum Gasteiger partial charge on any atom is -0.218 e. The summed E-state index contributed by atoms with van der Waals surface area (Å²) in [5.74, 6) is 0.566. The van der Waals surface area contributed by atoms with Gasteiger partial charge in [0.1, 0.15) is 0 Å². The Labute approximate surface area is 89.7 Å². The van der Waals surface area contributed by atoms with E-state index in [9.17, 15) is 0 Å². The maximum atomic E-state index is 4.03. The third-order valence-corrected chi connectivity index (χ3v) is 2.52. The van der Waals surface area contributed by atoms with Crippen molar-refractivity contribution in [3.05, 3.63) is 41.7 Å². The van der Waals surface area contributed by atoms with Crippen molar-refractivity contribution in [2.24, 2.45) is 0 Å². The lowest BCUT2D eigenvalue weighted by Gasteiger charge is -2.07. The monoisotopic (exact) mass is 201 g/mol. The van der Waals surface area contributed by atoms with Crippen molar-refractivity contribution in [3.63, 3.8) is 0 Å². The highest BCUT2D eigenvalue weighted by molar-refractivity contribution is 5.35. The molecule has 0 radical (unpaired) electrons. The largest absolute Gasteiger partial charge is 0.218 e. The first-order chi connectivity index (χ1) is 7.18. The molecule has 0 aliphatic heterocycles. The maximum Gasteiger partial charge on any atom is 0.0726 e. The molecule has 0 saturated carbocycles. The Hall–Kier alpha value is -1.64. The molecule has 3 heteroatoms. The van der Waals surface area contributed by atoms with E-state index in [4.69, 9.17) is 0 Å². The lowest BCUT2D eigenvalue weighted by Crippen LogP contribution is -1.99. The van der Waals surface area contributed by atoms with E-state index in [1.54, 1.807) is 6.20 Å². The number of nitrogens with zero attached hydrogens (tertiary/aromatic N) is 3. The van der Waals surface area contributed by atoms with Crippen LogP contribution in [0, 0.1) is 6.92 Å². The highest BCUT2D eigenvalue weighted by atomic mass is 15.4. The second-order valence-corrected chi connectivity index (χ2v) is 4.03. The van der Waals surface area contributed by atoms with Gasteiger partial charge in [0, 0.05) is 0 Å². The molecule has 1 aromatic heterocycles. The highest BCUT2D eigenvalue weighted by Gasteiger charge is 2.03. The number of benzene rings is 1. The minimum absolute atomic E-state index is 0.566. The minimum atomic E-state index is 0.566. The Bertz CT molecular complexity index is 440. The van der Waals surface area contributed by atoms with Crippen LogP contribution in [0.3, 0.4) is 0 Å². The van der Waals surface area contributed by atoms with Gasteiger partial charge in [-0.1, -0.05) is 31.2 Å². The van der Waals surface area contributed by atoms with Gasteiger partial charge in [0.2, 0.25) is 0 Å². The van der Waals surface area contributed by atoms with Crippen LogP contribution in [0.1, 0.15) is 31.0 Å². The van der Waals surface area contributed by atoms with E-state index in [1.165, 1.54) is 5.56 Å². The summed E-state index contributed by atoms with van der Waals surface area (Å²) in [6, 6.07) is 8.44. The standard InChI is InChI=1S/C12H15N3/c1-9(2)11-4-6-12(7-5-11)15-10(3)8-13-14-15/h4-9H,1-3H3. The summed E-state index contributed by atoms with van der Waals surface area (Å²) in [5, 5.41) is 7.90. The van der Waals surface area contributed by atoms with Gasteiger partial charge in [0.15, 0.2) is 0 Å². The van der Waals surface area contributed by atoms with Crippen LogP contribution in [0.4, 0.5) is 0 Å². The Morgan fingerprint density at radius 2 is 1.80 bits per heavy atom. The van der Waals surface area contributed by atoms with Crippen LogP contribution in [-0.4, -0.2) is 15.0 Å². The van der Waals surface area contributed by atoms with Crippen LogP contribution in [0.25, 0.3) is 5.69 Å². The number of hydrogen-bond donors (Lipinski definition) is 0. The average molecular weight is 201 g/mol. The third kappa shape index (κ3) is 1.91. The van der Waals surface area contributed by atoms with E-state index in [1.807, 2.05) is 11.6 Å². The van der Waals surface area contributed by atoms with E-state index in [2.05, 4.69) is 48.4 Å². The molecule has 78 valence electrons. The summed E-state index contributed by atoms with van der Waals surface area (Å²) in [4.78, 5) is 0. The fourth-order valence-electron chi connectivity index (χ4n) is 1.54. The van der Waals surface area contributed by atoms with Gasteiger partial charge in [-0.25, -0.2) is 4.68 Å². The van der Waals surface area contributed by atoms with Crippen molar-refractivity contribution in [1.29, 1.82) is 0 Å². The first kappa shape index (κ1) is 9.90. The van der Waals surface area contributed by atoms with Gasteiger partial charge >= 0.3 is 0 Å². The first-order valence-electron chi connectivity index (χ1n) is 5.16. The molecule has 0 saturated heterocycles. The molecule has 15 heavy (non-hydrogen) atoms. The molecule has 0 spiro atoms. The molecular weight excluding hydrogens is 186 g/mol. The van der Waals surface area contributed by atoms with E-state index in [-0.39, 0.29) is 0 Å². The normalized spacial score (nSPS) is 10.9. The molecule has 0 aliphatic rings. The summed E-state index contributed by atoms with van der Waals surface area (Å²) in [6.45, 7) is 6.38. The van der Waals surface area contributed by atoms with Gasteiger partial charge in [-0.05, 0) is 30.5 Å². The molecule has 0 atom stereocenters. The van der Waals surface area contributed by atoms with Crippen LogP contribution in [0.2, 0.25) is 0 Å². The summed E-state index contributed by atoms with van der Waals surface area (Å²) in [5.41, 5.74) is 3.46. The van der Waals surface area contributed by atoms with E-state index >= 15 is 0 Å². The van der Waals surface area contributed by atoms with Crippen molar-refractivity contribution < 1.29 is 0 Å². The lowest BCUT2D eigenvalue weighted by molar-refractivity contribution is 0.782. The van der Waals surface area contributed by atoms with Gasteiger partial charge < -0.3 is 0 Å². The van der Waals surface area contributed by atoms with Crippen LogP contribution >= 0.6 is 0 Å². The predicted molar refractivity (Wildman–Crippen MR) is 60.2 cm³/mol. The van der Waals surface area contributed by atoms with Crippen molar-refractivity contribution in [2.45, 2.75) is 26.7 Å². The quantitative estimate of drug-likeness (QED) is 0.748. The van der Waals surface area contributed by atoms with Crippen LogP contribution in [-0.2, 0) is 0 Å². The number of rotatable bonds is 2. The van der Waals surface area contributed by atoms with Crippen LogP contribution < -0.4 is 0 Å². The third-order valence-electron chi connectivity index (χ3n) is 2.52. The fraction of sp³-hybridized carbons (Fsp3) is 0.333. The molecule has 0 amide bonds. The fourth-order valence-corrected chi connectivity index (χ4v) is 1.54. The van der Waals surface area contributed by atoms with Crippen molar-refractivity contribution >= 4 is 0 Å². The molecule has 0 bridgehead atoms. The van der Waals surface area contributed by atoms with Crippen LogP contribution in [0.5, 0.6) is 0 Å². The summed E-state index contributed by atoms with van der Waals surface area (Å²) in [6.07, 6.45) is 1.76. The Kier molecular flexibility index (Phi) is 2.54. The van der Waals surface area contributed by atoms with Gasteiger partial charge in [0.05, 0.1) is 17.6 Å². The molecule has 2 aromatic rings. The second-order valence-electron chi connectivity index (χ2n) is 4.03. The summed E-state index contributed by atoms with van der Waals surface area (Å²) < 4.78 is 1.84. The van der Waals surface area contributed by atoms with Crippen LogP contribution in [0.15, 0.2) is 30.5 Å². The van der Waals surface area contributed by atoms with E-state index in [0.29, 0.717) is 5.92 Å². The summed E-state index contributed by atoms with van der Waals surface area (Å²) in [7, 11) is 0. The van der Waals surface area contributed by atoms with E-state index < -0.39 is 0 Å². The molecule has 0 N–H and O–H groups in total. The van der Waals surface area contributed by atoms with Gasteiger partial charge in [-0.3, -0.25) is 0 Å². The molecule has 1 heterocycles. The van der Waals surface area contributed by atoms with Gasteiger partial charge in [-0.15, -0.1) is 5.10 Å². The Morgan fingerprint density at radius 1 is 1.13 bits per heavy atom. The molecule has 0 fully saturated rings. The molecular formula is C12H15N3. The molecule has 0 aliphatic carbocycles. The molecule has 0 unspecified atom stereocenters. The topological polar surface area (TPSA) is 30.7 Å². The number of hydrogen-bond acceptors (Lipinski definition) is 2.